The van der Waals surface area contributed by atoms with Gasteiger partial charge in [0.1, 0.15) is 10.0 Å². The Balaban J connectivity index is 0.00000337. The van der Waals surface area contributed by atoms with Crippen molar-refractivity contribution in [1.82, 2.24) is 9.88 Å². The summed E-state index contributed by atoms with van der Waals surface area (Å²) in [5.74, 6) is -0.246. The number of carbonyl (C=O) groups excluding carboxylic acids is 1. The van der Waals surface area contributed by atoms with Crippen LogP contribution >= 0.6 is 35.1 Å². The molecule has 6 rings (SSSR count). The minimum Gasteiger partial charge on any atom is -0.313 e. The molecule has 212 valence electrons. The molecule has 0 aliphatic carbocycles. The third-order valence-corrected chi connectivity index (χ3v) is 10.4. The highest BCUT2D eigenvalue weighted by Gasteiger charge is 2.28. The number of fused-ring (bicyclic) bond motifs is 2. The van der Waals surface area contributed by atoms with Gasteiger partial charge in [-0.3, -0.25) is 14.4 Å². The van der Waals surface area contributed by atoms with Gasteiger partial charge in [0.25, 0.3) is 15.9 Å². The molecule has 3 aromatic carbocycles. The van der Waals surface area contributed by atoms with Crippen LogP contribution in [0.2, 0.25) is 0 Å². The fourth-order valence-corrected chi connectivity index (χ4v) is 8.41. The van der Waals surface area contributed by atoms with Gasteiger partial charge >= 0.3 is 0 Å². The lowest BCUT2D eigenvalue weighted by Gasteiger charge is -2.26. The standard InChI is InChI=1S/C30H28N4O3S3.ClH/c1-2-17-34-18-16-23-26(19-34)39-30(27(23)29-31-24-10-6-7-11-25(24)38-29)32-28(35)20-12-14-21(15-13-20)33-40(36,37)22-8-4-3-5-9-22;/h3-15,33H,2,16-19H2,1H3,(H,32,35);1H. The predicted octanol–water partition coefficient (Wildman–Crippen LogP) is 7.27. The van der Waals surface area contributed by atoms with Crippen molar-refractivity contribution in [1.29, 1.82) is 0 Å². The highest BCUT2D eigenvalue weighted by atomic mass is 35.5. The molecule has 2 N–H and O–H groups in total. The van der Waals surface area contributed by atoms with Crippen LogP contribution in [0.25, 0.3) is 20.8 Å². The molecule has 41 heavy (non-hydrogen) atoms. The van der Waals surface area contributed by atoms with Gasteiger partial charge in [0, 0.05) is 34.8 Å². The Labute approximate surface area is 253 Å². The van der Waals surface area contributed by atoms with E-state index in [1.54, 1.807) is 65.1 Å². The van der Waals surface area contributed by atoms with Crippen molar-refractivity contribution in [2.45, 2.75) is 31.2 Å². The molecule has 0 unspecified atom stereocenters. The van der Waals surface area contributed by atoms with E-state index in [-0.39, 0.29) is 23.2 Å². The van der Waals surface area contributed by atoms with Crippen molar-refractivity contribution in [3.63, 3.8) is 0 Å². The van der Waals surface area contributed by atoms with Crippen LogP contribution in [0.15, 0.2) is 83.8 Å². The summed E-state index contributed by atoms with van der Waals surface area (Å²) in [5, 5.41) is 4.88. The number of carbonyl (C=O) groups is 1. The molecule has 0 bridgehead atoms. The zero-order valence-corrected chi connectivity index (χ0v) is 25.6. The van der Waals surface area contributed by atoms with Crippen LogP contribution in [0.1, 0.15) is 34.1 Å². The fraction of sp³-hybridized carbons (Fsp3) is 0.200. The molecule has 0 saturated heterocycles. The third-order valence-electron chi connectivity index (χ3n) is 6.86. The number of halogens is 1. The lowest BCUT2D eigenvalue weighted by atomic mass is 10.0. The number of thiophene rings is 1. The van der Waals surface area contributed by atoms with E-state index in [1.165, 1.54) is 22.6 Å². The first-order valence-corrected chi connectivity index (χ1v) is 16.2. The molecule has 3 heterocycles. The Bertz CT molecular complexity index is 1750. The van der Waals surface area contributed by atoms with Gasteiger partial charge < -0.3 is 5.32 Å². The fourth-order valence-electron chi connectivity index (χ4n) is 4.94. The Hall–Kier alpha value is -3.28. The van der Waals surface area contributed by atoms with Crippen LogP contribution in [0, 0.1) is 0 Å². The van der Waals surface area contributed by atoms with Crippen LogP contribution in [-0.4, -0.2) is 37.3 Å². The molecular formula is C30H29ClN4O3S3. The second-order valence-corrected chi connectivity index (χ2v) is 13.5. The maximum atomic E-state index is 13.4. The van der Waals surface area contributed by atoms with E-state index in [9.17, 15) is 13.2 Å². The summed E-state index contributed by atoms with van der Waals surface area (Å²) in [6.07, 6.45) is 2.02. The van der Waals surface area contributed by atoms with Gasteiger partial charge in [-0.2, -0.15) is 0 Å². The lowest BCUT2D eigenvalue weighted by molar-refractivity contribution is 0.102. The molecule has 1 aliphatic rings. The SMILES string of the molecule is CCCN1CCc2c(sc(NC(=O)c3ccc(NS(=O)(=O)c4ccccc4)cc3)c2-c2nc3ccccc3s2)C1.Cl. The van der Waals surface area contributed by atoms with Gasteiger partial charge in [0.2, 0.25) is 0 Å². The number of anilines is 2. The molecule has 5 aromatic rings. The van der Waals surface area contributed by atoms with Crippen molar-refractivity contribution >= 4 is 71.9 Å². The Morgan fingerprint density at radius 1 is 0.976 bits per heavy atom. The first-order chi connectivity index (χ1) is 19.4. The summed E-state index contributed by atoms with van der Waals surface area (Å²) in [7, 11) is -3.71. The van der Waals surface area contributed by atoms with E-state index in [0.29, 0.717) is 11.3 Å². The topological polar surface area (TPSA) is 91.4 Å². The minimum absolute atomic E-state index is 0. The van der Waals surface area contributed by atoms with Crippen molar-refractivity contribution < 1.29 is 13.2 Å². The number of nitrogens with zero attached hydrogens (tertiary/aromatic N) is 2. The average molecular weight is 625 g/mol. The number of aromatic nitrogens is 1. The van der Waals surface area contributed by atoms with E-state index in [2.05, 4.69) is 27.9 Å². The first-order valence-electron chi connectivity index (χ1n) is 13.1. The summed E-state index contributed by atoms with van der Waals surface area (Å²) in [6, 6.07) is 22.8. The van der Waals surface area contributed by atoms with E-state index in [4.69, 9.17) is 4.98 Å². The molecule has 1 aliphatic heterocycles. The molecule has 7 nitrogen and oxygen atoms in total. The molecular weight excluding hydrogens is 596 g/mol. The van der Waals surface area contributed by atoms with Gasteiger partial charge in [-0.25, -0.2) is 13.4 Å². The van der Waals surface area contributed by atoms with Gasteiger partial charge in [0.15, 0.2) is 0 Å². The summed E-state index contributed by atoms with van der Waals surface area (Å²) in [4.78, 5) is 22.2. The van der Waals surface area contributed by atoms with Gasteiger partial charge in [0.05, 0.1) is 15.1 Å². The molecule has 0 atom stereocenters. The van der Waals surface area contributed by atoms with E-state index < -0.39 is 10.0 Å². The van der Waals surface area contributed by atoms with Crippen LogP contribution < -0.4 is 10.0 Å². The third kappa shape index (κ3) is 6.17. The second-order valence-electron chi connectivity index (χ2n) is 9.67. The van der Waals surface area contributed by atoms with E-state index in [1.807, 2.05) is 18.2 Å². The Morgan fingerprint density at radius 2 is 1.71 bits per heavy atom. The number of rotatable bonds is 8. The summed E-state index contributed by atoms with van der Waals surface area (Å²) in [5.41, 5.74) is 4.09. The van der Waals surface area contributed by atoms with Crippen LogP contribution in [-0.2, 0) is 23.0 Å². The number of thiazole rings is 1. The molecule has 2 aromatic heterocycles. The molecule has 0 fully saturated rings. The summed E-state index contributed by atoms with van der Waals surface area (Å²) < 4.78 is 29.0. The Morgan fingerprint density at radius 3 is 2.44 bits per heavy atom. The first kappa shape index (κ1) is 29.2. The summed E-state index contributed by atoms with van der Waals surface area (Å²) in [6.45, 7) is 5.11. The Kier molecular flexibility index (Phi) is 8.77. The van der Waals surface area contributed by atoms with E-state index >= 15 is 0 Å². The van der Waals surface area contributed by atoms with Crippen molar-refractivity contribution in [3.8, 4) is 10.6 Å². The molecule has 11 heteroatoms. The van der Waals surface area contributed by atoms with E-state index in [0.717, 1.165) is 58.3 Å². The van der Waals surface area contributed by atoms with Crippen LogP contribution in [0.3, 0.4) is 0 Å². The zero-order chi connectivity index (χ0) is 27.7. The largest absolute Gasteiger partial charge is 0.313 e. The maximum absolute atomic E-state index is 13.4. The highest BCUT2D eigenvalue weighted by molar-refractivity contribution is 7.92. The van der Waals surface area contributed by atoms with Crippen molar-refractivity contribution in [3.05, 3.63) is 94.9 Å². The van der Waals surface area contributed by atoms with Gasteiger partial charge in [-0.15, -0.1) is 35.1 Å². The smallest absolute Gasteiger partial charge is 0.261 e. The van der Waals surface area contributed by atoms with Gasteiger partial charge in [-0.1, -0.05) is 37.3 Å². The van der Waals surface area contributed by atoms with Gasteiger partial charge in [-0.05, 0) is 73.5 Å². The van der Waals surface area contributed by atoms with Crippen LogP contribution in [0.4, 0.5) is 10.7 Å². The predicted molar refractivity (Wildman–Crippen MR) is 171 cm³/mol. The average Bonchev–Trinajstić information content (AvgIpc) is 3.54. The number of amides is 1. The summed E-state index contributed by atoms with van der Waals surface area (Å²) >= 11 is 3.28. The molecule has 0 saturated carbocycles. The zero-order valence-electron chi connectivity index (χ0n) is 22.3. The number of nitrogens with one attached hydrogen (secondary N) is 2. The number of hydrogen-bond donors (Lipinski definition) is 2. The second kappa shape index (κ2) is 12.3. The monoisotopic (exact) mass is 624 g/mol. The lowest BCUT2D eigenvalue weighted by Crippen LogP contribution is -2.30. The number of hydrogen-bond acceptors (Lipinski definition) is 7. The maximum Gasteiger partial charge on any atom is 0.261 e. The van der Waals surface area contributed by atoms with Crippen molar-refractivity contribution in [2.24, 2.45) is 0 Å². The molecule has 0 radical (unpaired) electrons. The number of para-hydroxylation sites is 1. The highest BCUT2D eigenvalue weighted by Crippen LogP contribution is 2.45. The minimum atomic E-state index is -3.71. The molecule has 1 amide bonds. The number of benzene rings is 3. The van der Waals surface area contributed by atoms with Crippen molar-refractivity contribution in [2.75, 3.05) is 23.1 Å². The number of sulfonamides is 1. The quantitative estimate of drug-likeness (QED) is 0.189. The normalized spacial score (nSPS) is 13.4. The molecule has 0 spiro atoms. The van der Waals surface area contributed by atoms with Crippen LogP contribution in [0.5, 0.6) is 0 Å².